The maximum atomic E-state index is 13.3. The number of phenolic OH excluding ortho intramolecular Hbond substituents is 1. The summed E-state index contributed by atoms with van der Waals surface area (Å²) in [7, 11) is 0. The molecular weight excluding hydrogens is 452 g/mol. The van der Waals surface area contributed by atoms with Crippen molar-refractivity contribution in [3.8, 4) is 5.75 Å². The molecule has 0 aromatic heterocycles. The fourth-order valence-corrected chi connectivity index (χ4v) is 3.87. The summed E-state index contributed by atoms with van der Waals surface area (Å²) in [5.41, 5.74) is 1.48. The number of phenols is 1. The molecule has 3 unspecified atom stereocenters. The molecule has 6 N–H and O–H groups in total. The van der Waals surface area contributed by atoms with Crippen LogP contribution in [0.4, 0.5) is 0 Å². The number of benzene rings is 2. The van der Waals surface area contributed by atoms with Crippen LogP contribution in [0, 0.1) is 0 Å². The highest BCUT2D eigenvalue weighted by molar-refractivity contribution is 5.94. The minimum Gasteiger partial charge on any atom is -0.508 e. The second-order valence-electron chi connectivity index (χ2n) is 8.44. The molecule has 1 fully saturated rings. The Balaban J connectivity index is 1.77. The molecule has 1 aliphatic heterocycles. The first-order valence-corrected chi connectivity index (χ1v) is 11.5. The van der Waals surface area contributed by atoms with Crippen LogP contribution in [0.1, 0.15) is 24.0 Å². The minimum atomic E-state index is -1.22. The quantitative estimate of drug-likeness (QED) is 0.265. The lowest BCUT2D eigenvalue weighted by molar-refractivity contribution is -0.138. The van der Waals surface area contributed by atoms with Gasteiger partial charge in [-0.2, -0.15) is 0 Å². The minimum absolute atomic E-state index is 0.0517. The summed E-state index contributed by atoms with van der Waals surface area (Å²) in [6, 6.07) is 12.9. The maximum absolute atomic E-state index is 13.3. The van der Waals surface area contributed by atoms with Crippen LogP contribution in [0.5, 0.6) is 5.75 Å². The standard InChI is InChI=1S/C25H30N4O6/c30-18-10-8-17(9-11-18)14-20(23(33)27-15-22(31)32)28-25(35)21(13-16-5-2-1-3-6-16)29-24(34)19-7-4-12-26-19/h1-3,5-6,8-11,19-21,26,30H,4,7,12-15H2,(H,27,33)(H,28,35)(H,29,34)(H,31,32). The van der Waals surface area contributed by atoms with Crippen molar-refractivity contribution in [3.05, 3.63) is 65.7 Å². The van der Waals surface area contributed by atoms with Crippen LogP contribution in [0.2, 0.25) is 0 Å². The number of hydrogen-bond acceptors (Lipinski definition) is 6. The Kier molecular flexibility index (Phi) is 9.19. The van der Waals surface area contributed by atoms with Gasteiger partial charge in [-0.3, -0.25) is 19.2 Å². The highest BCUT2D eigenvalue weighted by atomic mass is 16.4. The number of hydrogen-bond donors (Lipinski definition) is 6. The van der Waals surface area contributed by atoms with E-state index in [9.17, 15) is 24.3 Å². The van der Waals surface area contributed by atoms with E-state index in [1.54, 1.807) is 12.1 Å². The van der Waals surface area contributed by atoms with E-state index in [1.807, 2.05) is 30.3 Å². The van der Waals surface area contributed by atoms with Gasteiger partial charge in [0.05, 0.1) is 6.04 Å². The molecule has 3 amide bonds. The first kappa shape index (κ1) is 25.7. The van der Waals surface area contributed by atoms with Gasteiger partial charge in [-0.1, -0.05) is 42.5 Å². The molecule has 0 radical (unpaired) electrons. The first-order chi connectivity index (χ1) is 16.8. The lowest BCUT2D eigenvalue weighted by Gasteiger charge is -2.24. The van der Waals surface area contributed by atoms with E-state index in [2.05, 4.69) is 21.3 Å². The zero-order chi connectivity index (χ0) is 25.2. The van der Waals surface area contributed by atoms with Gasteiger partial charge in [-0.25, -0.2) is 0 Å². The van der Waals surface area contributed by atoms with Crippen LogP contribution in [0.25, 0.3) is 0 Å². The number of carbonyl (C=O) groups is 4. The summed E-state index contributed by atoms with van der Waals surface area (Å²) in [5.74, 6) is -2.68. The van der Waals surface area contributed by atoms with Crippen LogP contribution >= 0.6 is 0 Å². The van der Waals surface area contributed by atoms with E-state index < -0.39 is 36.4 Å². The second-order valence-corrected chi connectivity index (χ2v) is 8.44. The van der Waals surface area contributed by atoms with E-state index in [1.165, 1.54) is 12.1 Å². The summed E-state index contributed by atoms with van der Waals surface area (Å²) in [6.07, 6.45) is 1.82. The monoisotopic (exact) mass is 482 g/mol. The molecule has 0 aliphatic carbocycles. The summed E-state index contributed by atoms with van der Waals surface area (Å²) >= 11 is 0. The fourth-order valence-electron chi connectivity index (χ4n) is 3.87. The van der Waals surface area contributed by atoms with Gasteiger partial charge in [0, 0.05) is 12.8 Å². The number of nitrogens with one attached hydrogen (secondary N) is 4. The van der Waals surface area contributed by atoms with E-state index in [-0.39, 0.29) is 30.5 Å². The molecule has 3 rings (SSSR count). The van der Waals surface area contributed by atoms with Crippen molar-refractivity contribution >= 4 is 23.7 Å². The fraction of sp³-hybridized carbons (Fsp3) is 0.360. The van der Waals surface area contributed by atoms with Gasteiger partial charge < -0.3 is 31.5 Å². The van der Waals surface area contributed by atoms with E-state index >= 15 is 0 Å². The third-order valence-corrected chi connectivity index (χ3v) is 5.72. The largest absolute Gasteiger partial charge is 0.508 e. The predicted molar refractivity (Wildman–Crippen MR) is 127 cm³/mol. The summed E-state index contributed by atoms with van der Waals surface area (Å²) in [6.45, 7) is 0.129. The Morgan fingerprint density at radius 3 is 2.11 bits per heavy atom. The van der Waals surface area contributed by atoms with Gasteiger partial charge in [-0.15, -0.1) is 0 Å². The van der Waals surface area contributed by atoms with Gasteiger partial charge in [0.2, 0.25) is 17.7 Å². The van der Waals surface area contributed by atoms with Crippen LogP contribution in [0.15, 0.2) is 54.6 Å². The summed E-state index contributed by atoms with van der Waals surface area (Å²) in [4.78, 5) is 49.7. The average molecular weight is 483 g/mol. The molecule has 186 valence electrons. The molecular formula is C25H30N4O6. The number of carbonyl (C=O) groups excluding carboxylic acids is 3. The molecule has 35 heavy (non-hydrogen) atoms. The Morgan fingerprint density at radius 2 is 1.51 bits per heavy atom. The zero-order valence-electron chi connectivity index (χ0n) is 19.2. The zero-order valence-corrected chi connectivity index (χ0v) is 19.2. The van der Waals surface area contributed by atoms with Crippen molar-refractivity contribution in [2.45, 2.75) is 43.8 Å². The molecule has 0 spiro atoms. The van der Waals surface area contributed by atoms with Crippen LogP contribution < -0.4 is 21.3 Å². The molecule has 2 aromatic rings. The highest BCUT2D eigenvalue weighted by Gasteiger charge is 2.30. The van der Waals surface area contributed by atoms with Crippen molar-refractivity contribution in [3.63, 3.8) is 0 Å². The Bertz CT molecular complexity index is 1020. The SMILES string of the molecule is O=C(O)CNC(=O)C(Cc1ccc(O)cc1)NC(=O)C(Cc1ccccc1)NC(=O)C1CCCN1. The Hall–Kier alpha value is -3.92. The van der Waals surface area contributed by atoms with Gasteiger partial charge in [0.15, 0.2) is 0 Å². The number of aliphatic carboxylic acids is 1. The van der Waals surface area contributed by atoms with Crippen molar-refractivity contribution in [1.29, 1.82) is 0 Å². The van der Waals surface area contributed by atoms with E-state index in [0.717, 1.165) is 18.5 Å². The van der Waals surface area contributed by atoms with E-state index in [0.29, 0.717) is 12.0 Å². The molecule has 0 bridgehead atoms. The van der Waals surface area contributed by atoms with E-state index in [4.69, 9.17) is 5.11 Å². The second kappa shape index (κ2) is 12.5. The molecule has 1 saturated heterocycles. The van der Waals surface area contributed by atoms with Gasteiger partial charge in [-0.05, 0) is 42.6 Å². The topological polar surface area (TPSA) is 157 Å². The van der Waals surface area contributed by atoms with Crippen LogP contribution in [0.3, 0.4) is 0 Å². The Labute approximate surface area is 203 Å². The third-order valence-electron chi connectivity index (χ3n) is 5.72. The number of aromatic hydroxyl groups is 1. The summed E-state index contributed by atoms with van der Waals surface area (Å²) in [5, 5.41) is 29.3. The number of amides is 3. The smallest absolute Gasteiger partial charge is 0.322 e. The number of carboxylic acid groups (broad SMARTS) is 1. The van der Waals surface area contributed by atoms with Gasteiger partial charge >= 0.3 is 5.97 Å². The lowest BCUT2D eigenvalue weighted by Crippen LogP contribution is -2.57. The average Bonchev–Trinajstić information content (AvgIpc) is 3.39. The van der Waals surface area contributed by atoms with Gasteiger partial charge in [0.25, 0.3) is 0 Å². The molecule has 10 heteroatoms. The molecule has 0 saturated carbocycles. The Morgan fingerprint density at radius 1 is 0.886 bits per heavy atom. The van der Waals surface area contributed by atoms with Crippen molar-refractivity contribution in [2.24, 2.45) is 0 Å². The lowest BCUT2D eigenvalue weighted by atomic mass is 10.0. The van der Waals surface area contributed by atoms with Crippen molar-refractivity contribution in [1.82, 2.24) is 21.3 Å². The van der Waals surface area contributed by atoms with Gasteiger partial charge in [0.1, 0.15) is 24.4 Å². The van der Waals surface area contributed by atoms with Crippen LogP contribution in [-0.2, 0) is 32.0 Å². The number of rotatable bonds is 11. The molecule has 1 aliphatic rings. The molecule has 3 atom stereocenters. The van der Waals surface area contributed by atoms with Crippen molar-refractivity contribution in [2.75, 3.05) is 13.1 Å². The molecule has 10 nitrogen and oxygen atoms in total. The highest BCUT2D eigenvalue weighted by Crippen LogP contribution is 2.12. The normalized spacial score (nSPS) is 16.6. The first-order valence-electron chi connectivity index (χ1n) is 11.5. The van der Waals surface area contributed by atoms with Crippen LogP contribution in [-0.4, -0.2) is 65.1 Å². The van der Waals surface area contributed by atoms with Crippen molar-refractivity contribution < 1.29 is 29.4 Å². The third kappa shape index (κ3) is 8.11. The summed E-state index contributed by atoms with van der Waals surface area (Å²) < 4.78 is 0. The number of carboxylic acids is 1. The molecule has 2 aromatic carbocycles. The predicted octanol–water partition coefficient (Wildman–Crippen LogP) is 0.0998. The molecule has 1 heterocycles. The maximum Gasteiger partial charge on any atom is 0.322 e.